The molecule has 2 rings (SSSR count). The second kappa shape index (κ2) is 9.05. The van der Waals surface area contributed by atoms with Gasteiger partial charge in [0.15, 0.2) is 6.04 Å². The van der Waals surface area contributed by atoms with Gasteiger partial charge >= 0.3 is 5.97 Å². The largest absolute Gasteiger partial charge is 0.464 e. The zero-order valence-corrected chi connectivity index (χ0v) is 16.7. The zero-order chi connectivity index (χ0) is 20.8. The predicted molar refractivity (Wildman–Crippen MR) is 110 cm³/mol. The molecule has 1 atom stereocenters. The van der Waals surface area contributed by atoms with Crippen LogP contribution in [0, 0.1) is 23.7 Å². The topological polar surface area (TPSA) is 112 Å². The van der Waals surface area contributed by atoms with Crippen LogP contribution < -0.4 is 11.1 Å². The third-order valence-electron chi connectivity index (χ3n) is 4.51. The molecule has 0 saturated heterocycles. The van der Waals surface area contributed by atoms with E-state index in [9.17, 15) is 4.79 Å². The number of nitriles is 1. The smallest absolute Gasteiger partial charge is 0.333 e. The van der Waals surface area contributed by atoms with Gasteiger partial charge in [-0.2, -0.15) is 5.26 Å². The number of nitrogens with two attached hydrogens (primary N) is 1. The highest BCUT2D eigenvalue weighted by atomic mass is 16.5. The van der Waals surface area contributed by atoms with E-state index in [0.29, 0.717) is 16.8 Å². The minimum absolute atomic E-state index is 0.00564. The number of hydrogen-bond donors (Lipinski definition) is 3. The lowest BCUT2D eigenvalue weighted by molar-refractivity contribution is -0.144. The number of nitrogens with one attached hydrogen (secondary N) is 2. The predicted octanol–water partition coefficient (Wildman–Crippen LogP) is 3.99. The number of anilines is 1. The van der Waals surface area contributed by atoms with E-state index in [1.807, 2.05) is 32.9 Å². The molecule has 0 bridgehead atoms. The fourth-order valence-electron chi connectivity index (χ4n) is 3.06. The van der Waals surface area contributed by atoms with Crippen LogP contribution in [0.1, 0.15) is 60.5 Å². The van der Waals surface area contributed by atoms with Gasteiger partial charge in [-0.05, 0) is 66.8 Å². The summed E-state index contributed by atoms with van der Waals surface area (Å²) in [5.41, 5.74) is 10.2. The third kappa shape index (κ3) is 4.68. The van der Waals surface area contributed by atoms with Gasteiger partial charge in [0.25, 0.3) is 0 Å². The molecule has 0 aliphatic carbocycles. The van der Waals surface area contributed by atoms with Crippen molar-refractivity contribution in [2.45, 2.75) is 39.7 Å². The number of nitrogen functional groups attached to an aromatic ring is 1. The fraction of sp³-hybridized carbons (Fsp3) is 0.318. The van der Waals surface area contributed by atoms with E-state index in [-0.39, 0.29) is 24.3 Å². The van der Waals surface area contributed by atoms with Crippen LogP contribution in [0.5, 0.6) is 0 Å². The van der Waals surface area contributed by atoms with E-state index in [1.165, 1.54) is 0 Å². The average molecular weight is 378 g/mol. The molecule has 0 aliphatic heterocycles. The summed E-state index contributed by atoms with van der Waals surface area (Å²) in [6.45, 7) is 7.97. The molecule has 0 radical (unpaired) electrons. The summed E-state index contributed by atoms with van der Waals surface area (Å²) in [6, 6.07) is 12.0. The first-order chi connectivity index (χ1) is 13.3. The lowest BCUT2D eigenvalue weighted by atomic mass is 9.89. The first-order valence-electron chi connectivity index (χ1n) is 9.20. The number of esters is 1. The molecule has 0 amide bonds. The molecule has 0 spiro atoms. The number of rotatable bonds is 7. The van der Waals surface area contributed by atoms with Crippen LogP contribution in [0.3, 0.4) is 0 Å². The van der Waals surface area contributed by atoms with Crippen LogP contribution in [0.25, 0.3) is 0 Å². The molecule has 4 N–H and O–H groups in total. The van der Waals surface area contributed by atoms with Gasteiger partial charge in [0.1, 0.15) is 5.84 Å². The monoisotopic (exact) mass is 378 g/mol. The molecule has 6 heteroatoms. The number of carbonyl (C=O) groups is 1. The summed E-state index contributed by atoms with van der Waals surface area (Å²) in [7, 11) is 0. The summed E-state index contributed by atoms with van der Waals surface area (Å²) < 4.78 is 5.29. The van der Waals surface area contributed by atoms with Crippen LogP contribution in [0.2, 0.25) is 0 Å². The highest BCUT2D eigenvalue weighted by Crippen LogP contribution is 2.30. The SMILES string of the molecule is CCOC(=O)C(Nc1ccc(C#N)cc1)c1cc(C(C)C)c(C(=N)N)cc1C. The van der Waals surface area contributed by atoms with Crippen LogP contribution in [0.4, 0.5) is 5.69 Å². The van der Waals surface area contributed by atoms with Crippen molar-refractivity contribution in [3.8, 4) is 6.07 Å². The molecule has 2 aromatic carbocycles. The van der Waals surface area contributed by atoms with Gasteiger partial charge in [0.2, 0.25) is 0 Å². The van der Waals surface area contributed by atoms with Gasteiger partial charge in [-0.1, -0.05) is 19.9 Å². The summed E-state index contributed by atoms with van der Waals surface area (Å²) in [4.78, 5) is 12.7. The Balaban J connectivity index is 2.53. The molecule has 1 unspecified atom stereocenters. The molecule has 0 aromatic heterocycles. The maximum Gasteiger partial charge on any atom is 0.333 e. The minimum atomic E-state index is -0.716. The summed E-state index contributed by atoms with van der Waals surface area (Å²) in [6.07, 6.45) is 0. The molecule has 0 fully saturated rings. The molecule has 0 aliphatic rings. The van der Waals surface area contributed by atoms with Crippen molar-refractivity contribution < 1.29 is 9.53 Å². The number of amidine groups is 1. The molecule has 0 saturated carbocycles. The number of ether oxygens (including phenoxy) is 1. The number of aryl methyl sites for hydroxylation is 1. The van der Waals surface area contributed by atoms with Crippen molar-refractivity contribution >= 4 is 17.5 Å². The highest BCUT2D eigenvalue weighted by Gasteiger charge is 2.26. The molecule has 28 heavy (non-hydrogen) atoms. The average Bonchev–Trinajstić information content (AvgIpc) is 2.66. The van der Waals surface area contributed by atoms with Crippen molar-refractivity contribution in [1.29, 1.82) is 10.7 Å². The molecule has 0 heterocycles. The van der Waals surface area contributed by atoms with Crippen LogP contribution >= 0.6 is 0 Å². The van der Waals surface area contributed by atoms with Crippen molar-refractivity contribution in [3.63, 3.8) is 0 Å². The first-order valence-corrected chi connectivity index (χ1v) is 9.20. The number of benzene rings is 2. The normalized spacial score (nSPS) is 11.6. The second-order valence-electron chi connectivity index (χ2n) is 6.88. The maximum absolute atomic E-state index is 12.7. The number of hydrogen-bond acceptors (Lipinski definition) is 5. The highest BCUT2D eigenvalue weighted by molar-refractivity contribution is 5.97. The molecular weight excluding hydrogens is 352 g/mol. The van der Waals surface area contributed by atoms with Crippen LogP contribution in [-0.2, 0) is 9.53 Å². The number of carbonyl (C=O) groups excluding carboxylic acids is 1. The Morgan fingerprint density at radius 1 is 1.25 bits per heavy atom. The molecule has 6 nitrogen and oxygen atoms in total. The van der Waals surface area contributed by atoms with Crippen molar-refractivity contribution in [2.75, 3.05) is 11.9 Å². The van der Waals surface area contributed by atoms with Gasteiger partial charge in [0.05, 0.1) is 18.2 Å². The summed E-state index contributed by atoms with van der Waals surface area (Å²) in [5, 5.41) is 20.0. The lowest BCUT2D eigenvalue weighted by Gasteiger charge is -2.23. The van der Waals surface area contributed by atoms with Gasteiger partial charge in [-0.25, -0.2) is 4.79 Å². The quantitative estimate of drug-likeness (QED) is 0.383. The van der Waals surface area contributed by atoms with E-state index in [4.69, 9.17) is 21.1 Å². The van der Waals surface area contributed by atoms with Crippen LogP contribution in [-0.4, -0.2) is 18.4 Å². The first kappa shape index (κ1) is 21.0. The Morgan fingerprint density at radius 3 is 2.39 bits per heavy atom. The summed E-state index contributed by atoms with van der Waals surface area (Å²) in [5.74, 6) is -0.248. The van der Waals surface area contributed by atoms with E-state index < -0.39 is 6.04 Å². The van der Waals surface area contributed by atoms with Gasteiger partial charge in [-0.15, -0.1) is 0 Å². The minimum Gasteiger partial charge on any atom is -0.464 e. The molecule has 2 aromatic rings. The second-order valence-corrected chi connectivity index (χ2v) is 6.88. The van der Waals surface area contributed by atoms with Crippen molar-refractivity contribution in [3.05, 3.63) is 64.2 Å². The Hall–Kier alpha value is -3.33. The standard InChI is InChI=1S/C22H26N4O2/c1-5-28-22(27)20(26-16-8-6-15(12-23)7-9-16)18-11-17(13(2)3)19(21(24)25)10-14(18)4/h6-11,13,20,26H,5H2,1-4H3,(H3,24,25). The van der Waals surface area contributed by atoms with Gasteiger partial charge in [-0.3, -0.25) is 5.41 Å². The van der Waals surface area contributed by atoms with Gasteiger partial charge in [0, 0.05) is 11.3 Å². The van der Waals surface area contributed by atoms with Crippen LogP contribution in [0.15, 0.2) is 36.4 Å². The fourth-order valence-corrected chi connectivity index (χ4v) is 3.06. The Kier molecular flexibility index (Phi) is 6.78. The van der Waals surface area contributed by atoms with Crippen molar-refractivity contribution in [1.82, 2.24) is 0 Å². The number of nitrogens with zero attached hydrogens (tertiary/aromatic N) is 1. The van der Waals surface area contributed by atoms with Gasteiger partial charge < -0.3 is 15.8 Å². The van der Waals surface area contributed by atoms with E-state index in [0.717, 1.165) is 16.7 Å². The Morgan fingerprint density at radius 2 is 1.89 bits per heavy atom. The maximum atomic E-state index is 12.7. The van der Waals surface area contributed by atoms with Crippen molar-refractivity contribution in [2.24, 2.45) is 5.73 Å². The van der Waals surface area contributed by atoms with E-state index in [2.05, 4.69) is 11.4 Å². The molecular formula is C22H26N4O2. The van der Waals surface area contributed by atoms with E-state index >= 15 is 0 Å². The zero-order valence-electron chi connectivity index (χ0n) is 16.7. The van der Waals surface area contributed by atoms with E-state index in [1.54, 1.807) is 31.2 Å². The third-order valence-corrected chi connectivity index (χ3v) is 4.51. The molecule has 146 valence electrons. The Bertz CT molecular complexity index is 911. The summed E-state index contributed by atoms with van der Waals surface area (Å²) >= 11 is 0. The Labute approximate surface area is 165 Å². The lowest BCUT2D eigenvalue weighted by Crippen LogP contribution is -2.25.